The maximum atomic E-state index is 13.7. The number of benzene rings is 1. The summed E-state index contributed by atoms with van der Waals surface area (Å²) in [6.07, 6.45) is 4.80. The van der Waals surface area contributed by atoms with Gasteiger partial charge in [-0.1, -0.05) is 6.07 Å². The number of carbonyl (C=O) groups is 1. The van der Waals surface area contributed by atoms with Gasteiger partial charge in [0.1, 0.15) is 17.6 Å². The zero-order valence-electron chi connectivity index (χ0n) is 11.6. The molecule has 1 atom stereocenters. The Bertz CT molecular complexity index is 740. The van der Waals surface area contributed by atoms with E-state index in [0.717, 1.165) is 6.29 Å². The van der Waals surface area contributed by atoms with Crippen molar-refractivity contribution in [1.82, 2.24) is 9.78 Å². The summed E-state index contributed by atoms with van der Waals surface area (Å²) in [5, 5.41) is 13.2. The summed E-state index contributed by atoms with van der Waals surface area (Å²) >= 11 is 0. The van der Waals surface area contributed by atoms with Crippen LogP contribution in [0.15, 0.2) is 24.4 Å². The molecule has 1 unspecified atom stereocenters. The third-order valence-electron chi connectivity index (χ3n) is 3.97. The van der Waals surface area contributed by atoms with Crippen LogP contribution in [0.25, 0.3) is 11.3 Å². The molecule has 1 fully saturated rings. The number of nitriles is 1. The molecule has 0 radical (unpaired) electrons. The van der Waals surface area contributed by atoms with Crippen LogP contribution in [-0.2, 0) is 0 Å². The maximum Gasteiger partial charge on any atom is 0.153 e. The molecule has 0 amide bonds. The van der Waals surface area contributed by atoms with Gasteiger partial charge in [-0.2, -0.15) is 10.4 Å². The van der Waals surface area contributed by atoms with Crippen LogP contribution in [0, 0.1) is 23.1 Å². The average Bonchev–Trinajstić information content (AvgIpc) is 3.25. The lowest BCUT2D eigenvalue weighted by molar-refractivity contribution is 0.112. The summed E-state index contributed by atoms with van der Waals surface area (Å²) in [5.74, 6) is 0.00611. The quantitative estimate of drug-likeness (QED) is 0.808. The van der Waals surface area contributed by atoms with Gasteiger partial charge in [0, 0.05) is 11.8 Å². The van der Waals surface area contributed by atoms with Gasteiger partial charge in [-0.25, -0.2) is 4.39 Å². The van der Waals surface area contributed by atoms with Crippen molar-refractivity contribution in [2.24, 2.45) is 5.92 Å². The van der Waals surface area contributed by atoms with Crippen molar-refractivity contribution in [3.63, 3.8) is 0 Å². The van der Waals surface area contributed by atoms with Gasteiger partial charge in [-0.05, 0) is 37.8 Å². The number of aromatic nitrogens is 2. The Balaban J connectivity index is 2.03. The lowest BCUT2D eigenvalue weighted by atomic mass is 10.1. The molecule has 1 heterocycles. The van der Waals surface area contributed by atoms with Crippen molar-refractivity contribution in [1.29, 1.82) is 5.26 Å². The van der Waals surface area contributed by atoms with Crippen molar-refractivity contribution in [3.05, 3.63) is 41.3 Å². The first kappa shape index (κ1) is 13.5. The number of halogens is 1. The highest BCUT2D eigenvalue weighted by Crippen LogP contribution is 2.39. The minimum atomic E-state index is -0.600. The van der Waals surface area contributed by atoms with Crippen LogP contribution in [0.3, 0.4) is 0 Å². The Morgan fingerprint density at radius 3 is 2.86 bits per heavy atom. The lowest BCUT2D eigenvalue weighted by Crippen LogP contribution is -2.07. The van der Waals surface area contributed by atoms with Crippen LogP contribution >= 0.6 is 0 Å². The lowest BCUT2D eigenvalue weighted by Gasteiger charge is -2.09. The molecular formula is C16H14FN3O. The van der Waals surface area contributed by atoms with E-state index >= 15 is 0 Å². The predicted molar refractivity (Wildman–Crippen MR) is 75.2 cm³/mol. The smallest absolute Gasteiger partial charge is 0.153 e. The van der Waals surface area contributed by atoms with Gasteiger partial charge in [-0.3, -0.25) is 9.48 Å². The van der Waals surface area contributed by atoms with Crippen LogP contribution < -0.4 is 0 Å². The highest BCUT2D eigenvalue weighted by atomic mass is 19.1. The van der Waals surface area contributed by atoms with Crippen molar-refractivity contribution in [3.8, 4) is 17.3 Å². The maximum absolute atomic E-state index is 13.7. The Morgan fingerprint density at radius 1 is 1.52 bits per heavy atom. The van der Waals surface area contributed by atoms with Crippen LogP contribution in [0.5, 0.6) is 0 Å². The normalized spacial score (nSPS) is 15.5. The van der Waals surface area contributed by atoms with Crippen molar-refractivity contribution < 1.29 is 9.18 Å². The minimum Gasteiger partial charge on any atom is -0.298 e. The Hall–Kier alpha value is -2.48. The summed E-state index contributed by atoms with van der Waals surface area (Å²) in [4.78, 5) is 11.2. The SMILES string of the molecule is CC(C1CC1)n1cc(C=O)c(-c2ccc(C#N)c(F)c2)n1. The van der Waals surface area contributed by atoms with E-state index in [-0.39, 0.29) is 11.6 Å². The van der Waals surface area contributed by atoms with E-state index in [1.54, 1.807) is 23.0 Å². The molecule has 2 aromatic rings. The predicted octanol–water partition coefficient (Wildman–Crippen LogP) is 3.34. The highest BCUT2D eigenvalue weighted by molar-refractivity contribution is 5.85. The van der Waals surface area contributed by atoms with Gasteiger partial charge in [0.2, 0.25) is 0 Å². The first-order chi connectivity index (χ1) is 10.1. The van der Waals surface area contributed by atoms with Gasteiger partial charge >= 0.3 is 0 Å². The van der Waals surface area contributed by atoms with E-state index < -0.39 is 5.82 Å². The fourth-order valence-corrected chi connectivity index (χ4v) is 2.47. The Kier molecular flexibility index (Phi) is 3.30. The number of carbonyl (C=O) groups excluding carboxylic acids is 1. The molecule has 4 nitrogen and oxygen atoms in total. The van der Waals surface area contributed by atoms with Crippen molar-refractivity contribution >= 4 is 6.29 Å². The minimum absolute atomic E-state index is 0.0165. The highest BCUT2D eigenvalue weighted by Gasteiger charge is 2.30. The van der Waals surface area contributed by atoms with E-state index in [2.05, 4.69) is 12.0 Å². The van der Waals surface area contributed by atoms with Gasteiger partial charge in [-0.15, -0.1) is 0 Å². The van der Waals surface area contributed by atoms with E-state index in [9.17, 15) is 9.18 Å². The second kappa shape index (κ2) is 5.13. The summed E-state index contributed by atoms with van der Waals surface area (Å²) in [5.41, 5.74) is 1.39. The number of nitrogens with zero attached hydrogens (tertiary/aromatic N) is 3. The first-order valence-electron chi connectivity index (χ1n) is 6.88. The van der Waals surface area contributed by atoms with E-state index in [0.29, 0.717) is 22.7 Å². The molecular weight excluding hydrogens is 269 g/mol. The fraction of sp³-hybridized carbons (Fsp3) is 0.312. The molecule has 1 aliphatic carbocycles. The number of hydrogen-bond donors (Lipinski definition) is 0. The molecule has 0 spiro atoms. The monoisotopic (exact) mass is 283 g/mol. The van der Waals surface area contributed by atoms with Gasteiger partial charge < -0.3 is 0 Å². The molecule has 1 aromatic carbocycles. The standard InChI is InChI=1S/C16H14FN3O/c1-10(11-2-3-11)20-8-14(9-21)16(19-20)12-4-5-13(7-18)15(17)6-12/h4-6,8-11H,2-3H2,1H3. The van der Waals surface area contributed by atoms with E-state index in [1.807, 2.05) is 0 Å². The number of aldehydes is 1. The molecule has 3 rings (SSSR count). The van der Waals surface area contributed by atoms with Crippen molar-refractivity contribution in [2.45, 2.75) is 25.8 Å². The van der Waals surface area contributed by atoms with E-state index in [1.165, 1.54) is 25.0 Å². The number of hydrogen-bond acceptors (Lipinski definition) is 3. The topological polar surface area (TPSA) is 58.7 Å². The zero-order valence-corrected chi connectivity index (χ0v) is 11.6. The fourth-order valence-electron chi connectivity index (χ4n) is 2.47. The largest absolute Gasteiger partial charge is 0.298 e. The molecule has 0 bridgehead atoms. The van der Waals surface area contributed by atoms with Crippen LogP contribution in [-0.4, -0.2) is 16.1 Å². The van der Waals surface area contributed by atoms with Gasteiger partial charge in [0.25, 0.3) is 0 Å². The number of rotatable bonds is 4. The zero-order chi connectivity index (χ0) is 15.0. The van der Waals surface area contributed by atoms with E-state index in [4.69, 9.17) is 5.26 Å². The molecule has 0 N–H and O–H groups in total. The van der Waals surface area contributed by atoms with Crippen LogP contribution in [0.2, 0.25) is 0 Å². The van der Waals surface area contributed by atoms with Crippen LogP contribution in [0.1, 0.15) is 41.7 Å². The van der Waals surface area contributed by atoms with Gasteiger partial charge in [0.15, 0.2) is 6.29 Å². The molecule has 0 aliphatic heterocycles. The Labute approximate surface area is 121 Å². The third-order valence-corrected chi connectivity index (χ3v) is 3.97. The molecule has 1 aromatic heterocycles. The summed E-state index contributed by atoms with van der Waals surface area (Å²) in [7, 11) is 0. The second-order valence-corrected chi connectivity index (χ2v) is 5.42. The van der Waals surface area contributed by atoms with Gasteiger partial charge in [0.05, 0.1) is 17.2 Å². The summed E-state index contributed by atoms with van der Waals surface area (Å²) < 4.78 is 15.5. The molecule has 106 valence electrons. The summed E-state index contributed by atoms with van der Waals surface area (Å²) in [6, 6.07) is 6.29. The molecule has 21 heavy (non-hydrogen) atoms. The second-order valence-electron chi connectivity index (χ2n) is 5.42. The molecule has 1 aliphatic rings. The third kappa shape index (κ3) is 2.45. The molecule has 0 saturated heterocycles. The van der Waals surface area contributed by atoms with Crippen LogP contribution in [0.4, 0.5) is 4.39 Å². The first-order valence-corrected chi connectivity index (χ1v) is 6.88. The van der Waals surface area contributed by atoms with Crippen molar-refractivity contribution in [2.75, 3.05) is 0 Å². The molecule has 1 saturated carbocycles. The average molecular weight is 283 g/mol. The Morgan fingerprint density at radius 2 is 2.29 bits per heavy atom. The summed E-state index contributed by atoms with van der Waals surface area (Å²) in [6.45, 7) is 2.07. The molecule has 5 heteroatoms.